The van der Waals surface area contributed by atoms with E-state index in [1.165, 1.54) is 11.3 Å². The van der Waals surface area contributed by atoms with Crippen molar-refractivity contribution in [3.63, 3.8) is 0 Å². The number of carbonyl (C=O) groups is 2. The van der Waals surface area contributed by atoms with Gasteiger partial charge in [-0.25, -0.2) is 10.3 Å². The number of urea groups is 1. The molecule has 132 valence electrons. The highest BCUT2D eigenvalue weighted by atomic mass is 32.1. The molecular weight excluding hydrogens is 342 g/mol. The monoisotopic (exact) mass is 361 g/mol. The Kier molecular flexibility index (Phi) is 5.20. The summed E-state index contributed by atoms with van der Waals surface area (Å²) < 4.78 is 5.11. The van der Waals surface area contributed by atoms with Gasteiger partial charge in [0.2, 0.25) is 0 Å². The number of hydrogen-bond acceptors (Lipinski definition) is 5. The molecule has 2 heterocycles. The molecular formula is C17H19N3O4S. The maximum Gasteiger partial charge on any atom is 0.318 e. The van der Waals surface area contributed by atoms with Crippen molar-refractivity contribution in [3.05, 3.63) is 51.2 Å². The van der Waals surface area contributed by atoms with E-state index in [9.17, 15) is 9.59 Å². The van der Waals surface area contributed by atoms with Crippen molar-refractivity contribution < 1.29 is 19.5 Å². The number of amides is 3. The van der Waals surface area contributed by atoms with Gasteiger partial charge in [0.25, 0.3) is 5.91 Å². The molecule has 0 radical (unpaired) electrons. The summed E-state index contributed by atoms with van der Waals surface area (Å²) in [5.74, 6) is 0.258. The minimum absolute atomic E-state index is 0.136. The van der Waals surface area contributed by atoms with Crippen molar-refractivity contribution in [2.75, 3.05) is 13.7 Å². The van der Waals surface area contributed by atoms with Crippen LogP contribution in [0.1, 0.15) is 25.7 Å². The first-order chi connectivity index (χ1) is 12.1. The van der Waals surface area contributed by atoms with Gasteiger partial charge < -0.3 is 15.0 Å². The molecule has 0 fully saturated rings. The quantitative estimate of drug-likeness (QED) is 0.575. The minimum Gasteiger partial charge on any atom is -0.497 e. The van der Waals surface area contributed by atoms with E-state index in [2.05, 4.69) is 5.32 Å². The molecule has 3 N–H and O–H groups in total. The molecule has 8 heteroatoms. The van der Waals surface area contributed by atoms with E-state index in [4.69, 9.17) is 9.94 Å². The predicted octanol–water partition coefficient (Wildman–Crippen LogP) is 2.14. The first-order valence-corrected chi connectivity index (χ1v) is 8.64. The third-order valence-corrected chi connectivity index (χ3v) is 5.26. The van der Waals surface area contributed by atoms with E-state index in [-0.39, 0.29) is 6.03 Å². The molecule has 1 aliphatic heterocycles. The Hall–Kier alpha value is -2.58. The van der Waals surface area contributed by atoms with Gasteiger partial charge in [-0.15, -0.1) is 11.3 Å². The SMILES string of the molecule is COc1ccc(CNC(=O)N2CCc3cc(C(=O)NO)sc3C2)cc1. The average molecular weight is 361 g/mol. The number of hydrogen-bond donors (Lipinski definition) is 3. The third kappa shape index (κ3) is 3.92. The van der Waals surface area contributed by atoms with Gasteiger partial charge in [-0.1, -0.05) is 12.1 Å². The van der Waals surface area contributed by atoms with E-state index < -0.39 is 5.91 Å². The van der Waals surface area contributed by atoms with Crippen LogP contribution < -0.4 is 15.5 Å². The van der Waals surface area contributed by atoms with Crippen molar-refractivity contribution >= 4 is 23.3 Å². The van der Waals surface area contributed by atoms with Gasteiger partial charge in [0.15, 0.2) is 0 Å². The maximum atomic E-state index is 12.4. The lowest BCUT2D eigenvalue weighted by molar-refractivity contribution is 0.0711. The zero-order chi connectivity index (χ0) is 17.8. The van der Waals surface area contributed by atoms with E-state index in [0.717, 1.165) is 21.8 Å². The zero-order valence-corrected chi connectivity index (χ0v) is 14.6. The molecule has 0 atom stereocenters. The fourth-order valence-corrected chi connectivity index (χ4v) is 3.81. The molecule has 1 aromatic heterocycles. The molecule has 1 aromatic carbocycles. The molecule has 0 spiro atoms. The molecule has 0 saturated heterocycles. The highest BCUT2D eigenvalue weighted by Crippen LogP contribution is 2.28. The summed E-state index contributed by atoms with van der Waals surface area (Å²) >= 11 is 1.30. The molecule has 2 aromatic rings. The molecule has 3 amide bonds. The van der Waals surface area contributed by atoms with Gasteiger partial charge in [-0.2, -0.15) is 0 Å². The lowest BCUT2D eigenvalue weighted by Crippen LogP contribution is -2.42. The fourth-order valence-electron chi connectivity index (χ4n) is 2.69. The summed E-state index contributed by atoms with van der Waals surface area (Å²) in [5.41, 5.74) is 3.69. The Morgan fingerprint density at radius 1 is 1.32 bits per heavy atom. The van der Waals surface area contributed by atoms with Crippen molar-refractivity contribution in [2.45, 2.75) is 19.5 Å². The summed E-state index contributed by atoms with van der Waals surface area (Å²) in [6.07, 6.45) is 0.695. The van der Waals surface area contributed by atoms with Crippen LogP contribution in [0.5, 0.6) is 5.75 Å². The first kappa shape index (κ1) is 17.2. The fraction of sp³-hybridized carbons (Fsp3) is 0.294. The Morgan fingerprint density at radius 3 is 2.76 bits per heavy atom. The van der Waals surface area contributed by atoms with E-state index in [0.29, 0.717) is 30.9 Å². The largest absolute Gasteiger partial charge is 0.497 e. The highest BCUT2D eigenvalue weighted by molar-refractivity contribution is 7.14. The summed E-state index contributed by atoms with van der Waals surface area (Å²) in [5, 5.41) is 11.6. The van der Waals surface area contributed by atoms with Crippen molar-refractivity contribution in [2.24, 2.45) is 0 Å². The van der Waals surface area contributed by atoms with Crippen LogP contribution in [0.2, 0.25) is 0 Å². The predicted molar refractivity (Wildman–Crippen MR) is 92.9 cm³/mol. The number of ether oxygens (including phenoxy) is 1. The second kappa shape index (κ2) is 7.54. The first-order valence-electron chi connectivity index (χ1n) is 7.82. The number of nitrogens with one attached hydrogen (secondary N) is 2. The molecule has 0 unspecified atom stereocenters. The minimum atomic E-state index is -0.519. The standard InChI is InChI=1S/C17H19N3O4S/c1-24-13-4-2-11(3-5-13)9-18-17(22)20-7-6-12-8-14(16(21)19-23)25-15(12)10-20/h2-5,8,23H,6-7,9-10H2,1H3,(H,18,22)(H,19,21). The van der Waals surface area contributed by atoms with Crippen LogP contribution in [-0.2, 0) is 19.5 Å². The summed E-state index contributed by atoms with van der Waals surface area (Å²) in [6.45, 7) is 1.50. The number of nitrogens with zero attached hydrogens (tertiary/aromatic N) is 1. The average Bonchev–Trinajstić information content (AvgIpc) is 3.09. The van der Waals surface area contributed by atoms with Gasteiger partial charge in [-0.05, 0) is 35.7 Å². The van der Waals surface area contributed by atoms with E-state index in [1.807, 2.05) is 24.3 Å². The summed E-state index contributed by atoms with van der Waals surface area (Å²) in [6, 6.07) is 9.17. The molecule has 1 aliphatic rings. The lowest BCUT2D eigenvalue weighted by atomic mass is 10.1. The van der Waals surface area contributed by atoms with E-state index in [1.54, 1.807) is 23.6 Å². The van der Waals surface area contributed by atoms with Crippen LogP contribution >= 0.6 is 11.3 Å². The van der Waals surface area contributed by atoms with E-state index >= 15 is 0 Å². The zero-order valence-electron chi connectivity index (χ0n) is 13.7. The van der Waals surface area contributed by atoms with Crippen LogP contribution in [0, 0.1) is 0 Å². The van der Waals surface area contributed by atoms with Crippen molar-refractivity contribution in [3.8, 4) is 5.75 Å². The number of thiophene rings is 1. The number of fused-ring (bicyclic) bond motifs is 1. The molecule has 7 nitrogen and oxygen atoms in total. The third-order valence-electron chi connectivity index (χ3n) is 4.10. The van der Waals surface area contributed by atoms with Gasteiger partial charge >= 0.3 is 6.03 Å². The smallest absolute Gasteiger partial charge is 0.318 e. The molecule has 3 rings (SSSR count). The van der Waals surface area contributed by atoms with Crippen LogP contribution in [-0.4, -0.2) is 35.7 Å². The lowest BCUT2D eigenvalue weighted by Gasteiger charge is -2.27. The highest BCUT2D eigenvalue weighted by Gasteiger charge is 2.24. The van der Waals surface area contributed by atoms with Gasteiger partial charge in [0.1, 0.15) is 5.75 Å². The number of hydroxylamine groups is 1. The summed E-state index contributed by atoms with van der Waals surface area (Å²) in [4.78, 5) is 27.0. The summed E-state index contributed by atoms with van der Waals surface area (Å²) in [7, 11) is 1.61. The van der Waals surface area contributed by atoms with Crippen molar-refractivity contribution in [1.29, 1.82) is 0 Å². The Morgan fingerprint density at radius 2 is 2.08 bits per heavy atom. The maximum absolute atomic E-state index is 12.4. The van der Waals surface area contributed by atoms with Gasteiger partial charge in [-0.3, -0.25) is 10.0 Å². The topological polar surface area (TPSA) is 90.9 Å². The number of carbonyl (C=O) groups excluding carboxylic acids is 2. The van der Waals surface area contributed by atoms with Crippen molar-refractivity contribution in [1.82, 2.24) is 15.7 Å². The Labute approximate surface area is 149 Å². The van der Waals surface area contributed by atoms with Crippen LogP contribution in [0.3, 0.4) is 0 Å². The second-order valence-corrected chi connectivity index (χ2v) is 6.82. The molecule has 0 saturated carbocycles. The molecule has 0 aliphatic carbocycles. The van der Waals surface area contributed by atoms with Crippen LogP contribution in [0.15, 0.2) is 30.3 Å². The van der Waals surface area contributed by atoms with Crippen LogP contribution in [0.25, 0.3) is 0 Å². The Bertz CT molecular complexity index is 773. The van der Waals surface area contributed by atoms with Gasteiger partial charge in [0.05, 0.1) is 18.5 Å². The molecule has 25 heavy (non-hydrogen) atoms. The number of methoxy groups -OCH3 is 1. The van der Waals surface area contributed by atoms with Gasteiger partial charge in [0, 0.05) is 18.0 Å². The normalized spacial score (nSPS) is 13.1. The number of rotatable bonds is 4. The molecule has 0 bridgehead atoms. The Balaban J connectivity index is 1.58. The second-order valence-electron chi connectivity index (χ2n) is 5.68. The number of benzene rings is 1. The van der Waals surface area contributed by atoms with Crippen LogP contribution in [0.4, 0.5) is 4.79 Å².